The van der Waals surface area contributed by atoms with Crippen molar-refractivity contribution in [2.75, 3.05) is 20.3 Å². The highest BCUT2D eigenvalue weighted by Crippen LogP contribution is 2.30. The molecule has 2 aromatic rings. The molecule has 0 saturated heterocycles. The summed E-state index contributed by atoms with van der Waals surface area (Å²) in [5.41, 5.74) is 2.15. The van der Waals surface area contributed by atoms with Gasteiger partial charge in [-0.2, -0.15) is 0 Å². The van der Waals surface area contributed by atoms with Crippen LogP contribution in [0.2, 0.25) is 0 Å². The number of hydrogen-bond acceptors (Lipinski definition) is 3. The van der Waals surface area contributed by atoms with E-state index < -0.39 is 0 Å². The lowest BCUT2D eigenvalue weighted by Crippen LogP contribution is -2.18. The molecule has 0 unspecified atom stereocenters. The third kappa shape index (κ3) is 5.16. The Kier molecular flexibility index (Phi) is 6.23. The summed E-state index contributed by atoms with van der Waals surface area (Å²) < 4.78 is 19.1. The maximum absolute atomic E-state index is 14.1. The quantitative estimate of drug-likeness (QED) is 0.781. The minimum Gasteiger partial charge on any atom is -0.383 e. The lowest BCUT2D eigenvalue weighted by molar-refractivity contribution is 0.199. The zero-order valence-electron chi connectivity index (χ0n) is 12.4. The van der Waals surface area contributed by atoms with Gasteiger partial charge in [-0.1, -0.05) is 35.5 Å². The van der Waals surface area contributed by atoms with E-state index in [-0.39, 0.29) is 5.82 Å². The molecule has 0 heterocycles. The van der Waals surface area contributed by atoms with Crippen LogP contribution in [0.3, 0.4) is 0 Å². The Morgan fingerprint density at radius 2 is 1.90 bits per heavy atom. The van der Waals surface area contributed by atoms with Gasteiger partial charge in [0.25, 0.3) is 0 Å². The molecule has 2 rings (SSSR count). The zero-order valence-corrected chi connectivity index (χ0v) is 13.2. The van der Waals surface area contributed by atoms with Gasteiger partial charge in [-0.05, 0) is 36.8 Å². The van der Waals surface area contributed by atoms with E-state index in [4.69, 9.17) is 4.74 Å². The number of rotatable bonds is 7. The van der Waals surface area contributed by atoms with Crippen LogP contribution in [-0.4, -0.2) is 20.3 Å². The second kappa shape index (κ2) is 8.17. The average molecular weight is 305 g/mol. The maximum atomic E-state index is 14.1. The topological polar surface area (TPSA) is 21.3 Å². The number of methoxy groups -OCH3 is 1. The fraction of sp³-hybridized carbons (Fsp3) is 0.294. The number of ether oxygens (including phenoxy) is 1. The van der Waals surface area contributed by atoms with Crippen molar-refractivity contribution < 1.29 is 9.13 Å². The first kappa shape index (κ1) is 16.0. The molecule has 0 bridgehead atoms. The van der Waals surface area contributed by atoms with Crippen molar-refractivity contribution in [2.45, 2.75) is 23.3 Å². The highest BCUT2D eigenvalue weighted by Gasteiger charge is 2.05. The molecule has 0 saturated carbocycles. The Balaban J connectivity index is 1.97. The molecule has 0 amide bonds. The summed E-state index contributed by atoms with van der Waals surface area (Å²) in [5, 5.41) is 3.21. The van der Waals surface area contributed by atoms with Crippen LogP contribution in [0, 0.1) is 12.7 Å². The van der Waals surface area contributed by atoms with Gasteiger partial charge in [-0.3, -0.25) is 0 Å². The standard InChI is InChI=1S/C17H20FNOS/c1-13-3-6-15(7-4-13)21-17-8-5-14(11-16(17)18)12-19-9-10-20-2/h3-8,11,19H,9-10,12H2,1-2H3. The van der Waals surface area contributed by atoms with E-state index in [1.165, 1.54) is 17.3 Å². The first-order valence-electron chi connectivity index (χ1n) is 6.91. The Bertz CT molecular complexity index is 572. The van der Waals surface area contributed by atoms with Crippen LogP contribution >= 0.6 is 11.8 Å². The number of aryl methyl sites for hydroxylation is 1. The predicted molar refractivity (Wildman–Crippen MR) is 85.3 cm³/mol. The van der Waals surface area contributed by atoms with E-state index in [9.17, 15) is 4.39 Å². The maximum Gasteiger partial charge on any atom is 0.137 e. The molecular weight excluding hydrogens is 285 g/mol. The van der Waals surface area contributed by atoms with Crippen molar-refractivity contribution in [3.8, 4) is 0 Å². The van der Waals surface area contributed by atoms with E-state index in [0.717, 1.165) is 17.0 Å². The van der Waals surface area contributed by atoms with Crippen LogP contribution < -0.4 is 5.32 Å². The molecule has 0 aliphatic carbocycles. The fourth-order valence-corrected chi connectivity index (χ4v) is 2.70. The molecule has 0 aliphatic rings. The van der Waals surface area contributed by atoms with Crippen LogP contribution in [0.4, 0.5) is 4.39 Å². The Labute approximate surface area is 129 Å². The Morgan fingerprint density at radius 1 is 1.14 bits per heavy atom. The third-order valence-corrected chi connectivity index (χ3v) is 4.12. The van der Waals surface area contributed by atoms with E-state index in [1.807, 2.05) is 43.3 Å². The zero-order chi connectivity index (χ0) is 15.1. The summed E-state index contributed by atoms with van der Waals surface area (Å²) in [6.07, 6.45) is 0. The van der Waals surface area contributed by atoms with Gasteiger partial charge in [0, 0.05) is 30.0 Å². The van der Waals surface area contributed by atoms with Gasteiger partial charge in [-0.15, -0.1) is 0 Å². The van der Waals surface area contributed by atoms with Crippen molar-refractivity contribution in [1.29, 1.82) is 0 Å². The largest absolute Gasteiger partial charge is 0.383 e. The van der Waals surface area contributed by atoms with E-state index in [1.54, 1.807) is 13.2 Å². The molecule has 0 radical (unpaired) electrons. The average Bonchev–Trinajstić information content (AvgIpc) is 2.48. The summed E-state index contributed by atoms with van der Waals surface area (Å²) >= 11 is 1.45. The lowest BCUT2D eigenvalue weighted by atomic mass is 10.2. The van der Waals surface area contributed by atoms with Crippen LogP contribution in [0.15, 0.2) is 52.3 Å². The van der Waals surface area contributed by atoms with Crippen molar-refractivity contribution in [1.82, 2.24) is 5.32 Å². The second-order valence-corrected chi connectivity index (χ2v) is 5.96. The first-order chi connectivity index (χ1) is 10.2. The highest BCUT2D eigenvalue weighted by atomic mass is 32.2. The van der Waals surface area contributed by atoms with Gasteiger partial charge in [-0.25, -0.2) is 4.39 Å². The molecule has 2 aromatic carbocycles. The second-order valence-electron chi connectivity index (χ2n) is 4.85. The number of hydrogen-bond donors (Lipinski definition) is 1. The number of benzene rings is 2. The minimum absolute atomic E-state index is 0.174. The Morgan fingerprint density at radius 3 is 2.57 bits per heavy atom. The van der Waals surface area contributed by atoms with Crippen LogP contribution in [0.25, 0.3) is 0 Å². The van der Waals surface area contributed by atoms with Gasteiger partial charge in [0.05, 0.1) is 6.61 Å². The number of nitrogens with one attached hydrogen (secondary N) is 1. The molecule has 21 heavy (non-hydrogen) atoms. The smallest absolute Gasteiger partial charge is 0.137 e. The molecule has 0 atom stereocenters. The van der Waals surface area contributed by atoms with Crippen LogP contribution in [0.1, 0.15) is 11.1 Å². The summed E-state index contributed by atoms with van der Waals surface area (Å²) in [4.78, 5) is 1.70. The predicted octanol–water partition coefficient (Wildman–Crippen LogP) is 4.02. The van der Waals surface area contributed by atoms with Crippen molar-refractivity contribution >= 4 is 11.8 Å². The van der Waals surface area contributed by atoms with Gasteiger partial charge in [0.15, 0.2) is 0 Å². The molecule has 0 aromatic heterocycles. The van der Waals surface area contributed by atoms with Crippen LogP contribution in [-0.2, 0) is 11.3 Å². The third-order valence-electron chi connectivity index (χ3n) is 3.06. The van der Waals surface area contributed by atoms with Gasteiger partial charge >= 0.3 is 0 Å². The van der Waals surface area contributed by atoms with E-state index in [0.29, 0.717) is 18.0 Å². The van der Waals surface area contributed by atoms with Gasteiger partial charge < -0.3 is 10.1 Å². The van der Waals surface area contributed by atoms with Crippen molar-refractivity contribution in [3.63, 3.8) is 0 Å². The van der Waals surface area contributed by atoms with Crippen LogP contribution in [0.5, 0.6) is 0 Å². The lowest BCUT2D eigenvalue weighted by Gasteiger charge is -2.07. The molecule has 0 spiro atoms. The van der Waals surface area contributed by atoms with Gasteiger partial charge in [0.1, 0.15) is 5.82 Å². The van der Waals surface area contributed by atoms with E-state index >= 15 is 0 Å². The molecule has 0 aliphatic heterocycles. The number of halogens is 1. The van der Waals surface area contributed by atoms with E-state index in [2.05, 4.69) is 5.32 Å². The molecule has 4 heteroatoms. The molecule has 2 nitrogen and oxygen atoms in total. The first-order valence-corrected chi connectivity index (χ1v) is 7.73. The monoisotopic (exact) mass is 305 g/mol. The normalized spacial score (nSPS) is 10.8. The summed E-state index contributed by atoms with van der Waals surface area (Å²) in [6, 6.07) is 13.5. The molecule has 112 valence electrons. The van der Waals surface area contributed by atoms with Crippen molar-refractivity contribution in [3.05, 3.63) is 59.4 Å². The molecule has 1 N–H and O–H groups in total. The fourth-order valence-electron chi connectivity index (χ4n) is 1.88. The summed E-state index contributed by atoms with van der Waals surface area (Å²) in [5.74, 6) is -0.174. The Hall–Kier alpha value is -1.36. The minimum atomic E-state index is -0.174. The summed E-state index contributed by atoms with van der Waals surface area (Å²) in [7, 11) is 1.67. The van der Waals surface area contributed by atoms with Crippen molar-refractivity contribution in [2.24, 2.45) is 0 Å². The summed E-state index contributed by atoms with van der Waals surface area (Å²) in [6.45, 7) is 4.11. The molecular formula is C17H20FNOS. The SMILES string of the molecule is COCCNCc1ccc(Sc2ccc(C)cc2)c(F)c1. The van der Waals surface area contributed by atoms with Gasteiger partial charge in [0.2, 0.25) is 0 Å². The molecule has 0 fully saturated rings. The highest BCUT2D eigenvalue weighted by molar-refractivity contribution is 7.99.